The Balaban J connectivity index is 1.88. The first-order valence-electron chi connectivity index (χ1n) is 7.09. The molecule has 0 spiro atoms. The van der Waals surface area contributed by atoms with E-state index in [1.807, 2.05) is 0 Å². The highest BCUT2D eigenvalue weighted by Crippen LogP contribution is 2.40. The zero-order chi connectivity index (χ0) is 17.4. The van der Waals surface area contributed by atoms with Gasteiger partial charge in [0.15, 0.2) is 23.3 Å². The van der Waals surface area contributed by atoms with Gasteiger partial charge in [0.1, 0.15) is 4.90 Å². The van der Waals surface area contributed by atoms with Gasteiger partial charge in [-0.1, -0.05) is 23.7 Å². The van der Waals surface area contributed by atoms with Crippen molar-refractivity contribution < 1.29 is 22.0 Å². The first kappa shape index (κ1) is 17.5. The molecule has 0 amide bonds. The fourth-order valence-corrected chi connectivity index (χ4v) is 3.42. The van der Waals surface area contributed by atoms with Crippen molar-refractivity contribution in [1.29, 1.82) is 0 Å². The molecule has 0 radical (unpaired) electrons. The standard InChI is InChI=1S/C16H11ClF5NS/c17-9-3-1-8(2-4-9)7-23(10-5-6-10)24-16-14(21)12(19)11(18)13(20)15(16)22/h1-4,10H,5-7H2. The van der Waals surface area contributed by atoms with Crippen molar-refractivity contribution in [1.82, 2.24) is 4.31 Å². The molecule has 1 nitrogen and oxygen atoms in total. The topological polar surface area (TPSA) is 3.24 Å². The summed E-state index contributed by atoms with van der Waals surface area (Å²) in [6.45, 7) is 0.298. The molecule has 1 aliphatic rings. The van der Waals surface area contributed by atoms with E-state index in [1.165, 1.54) is 0 Å². The lowest BCUT2D eigenvalue weighted by Crippen LogP contribution is -2.19. The van der Waals surface area contributed by atoms with Crippen molar-refractivity contribution in [3.63, 3.8) is 0 Å². The van der Waals surface area contributed by atoms with Crippen LogP contribution in [0.3, 0.4) is 0 Å². The van der Waals surface area contributed by atoms with Crippen LogP contribution >= 0.6 is 23.5 Å². The predicted octanol–water partition coefficient (Wildman–Crippen LogP) is 5.71. The second-order valence-electron chi connectivity index (χ2n) is 5.42. The van der Waals surface area contributed by atoms with Crippen LogP contribution in [0.1, 0.15) is 18.4 Å². The van der Waals surface area contributed by atoms with Gasteiger partial charge in [0, 0.05) is 17.6 Å². The minimum absolute atomic E-state index is 0.0284. The van der Waals surface area contributed by atoms with Crippen LogP contribution in [0.25, 0.3) is 0 Å². The summed E-state index contributed by atoms with van der Waals surface area (Å²) in [7, 11) is 0. The fourth-order valence-electron chi connectivity index (χ4n) is 2.15. The molecule has 2 aromatic carbocycles. The molecule has 1 fully saturated rings. The van der Waals surface area contributed by atoms with Gasteiger partial charge in [0.05, 0.1) is 0 Å². The maximum Gasteiger partial charge on any atom is 0.200 e. The second-order valence-corrected chi connectivity index (χ2v) is 6.92. The Labute approximate surface area is 144 Å². The lowest BCUT2D eigenvalue weighted by atomic mass is 10.2. The molecular formula is C16H11ClF5NS. The van der Waals surface area contributed by atoms with Crippen LogP contribution < -0.4 is 0 Å². The van der Waals surface area contributed by atoms with E-state index >= 15 is 0 Å². The molecule has 0 unspecified atom stereocenters. The van der Waals surface area contributed by atoms with Crippen LogP contribution in [0.4, 0.5) is 22.0 Å². The molecule has 0 saturated heterocycles. The average Bonchev–Trinajstić information content (AvgIpc) is 3.41. The number of hydrogen-bond donors (Lipinski definition) is 0. The van der Waals surface area contributed by atoms with E-state index in [0.717, 1.165) is 18.4 Å². The van der Waals surface area contributed by atoms with Gasteiger partial charge in [-0.15, -0.1) is 0 Å². The van der Waals surface area contributed by atoms with Gasteiger partial charge in [-0.2, -0.15) is 0 Å². The Hall–Kier alpha value is -1.31. The van der Waals surface area contributed by atoms with Crippen LogP contribution in [0.5, 0.6) is 0 Å². The summed E-state index contributed by atoms with van der Waals surface area (Å²) in [4.78, 5) is -0.882. The quantitative estimate of drug-likeness (QED) is 0.283. The molecule has 24 heavy (non-hydrogen) atoms. The minimum Gasteiger partial charge on any atom is -0.239 e. The summed E-state index contributed by atoms with van der Waals surface area (Å²) in [6.07, 6.45) is 1.60. The highest BCUT2D eigenvalue weighted by atomic mass is 35.5. The van der Waals surface area contributed by atoms with Crippen molar-refractivity contribution in [3.05, 3.63) is 63.9 Å². The number of halogens is 6. The van der Waals surface area contributed by atoms with Crippen LogP contribution in [-0.2, 0) is 6.54 Å². The van der Waals surface area contributed by atoms with E-state index in [1.54, 1.807) is 28.6 Å². The third kappa shape index (κ3) is 3.53. The molecule has 1 aliphatic carbocycles. The van der Waals surface area contributed by atoms with Crippen molar-refractivity contribution in [2.45, 2.75) is 30.3 Å². The third-order valence-electron chi connectivity index (χ3n) is 3.58. The van der Waals surface area contributed by atoms with Crippen LogP contribution in [-0.4, -0.2) is 10.3 Å². The average molecular weight is 380 g/mol. The zero-order valence-corrected chi connectivity index (χ0v) is 13.7. The summed E-state index contributed by atoms with van der Waals surface area (Å²) < 4.78 is 69.1. The number of rotatable bonds is 5. The smallest absolute Gasteiger partial charge is 0.200 e. The second kappa shape index (κ2) is 6.90. The molecule has 0 heterocycles. The minimum atomic E-state index is -2.15. The van der Waals surface area contributed by atoms with Gasteiger partial charge in [0.2, 0.25) is 5.82 Å². The molecule has 3 rings (SSSR count). The Morgan fingerprint density at radius 2 is 1.38 bits per heavy atom. The van der Waals surface area contributed by atoms with Crippen molar-refractivity contribution in [3.8, 4) is 0 Å². The van der Waals surface area contributed by atoms with Crippen LogP contribution in [0.15, 0.2) is 29.2 Å². The maximum atomic E-state index is 13.9. The largest absolute Gasteiger partial charge is 0.239 e. The van der Waals surface area contributed by atoms with Gasteiger partial charge in [0.25, 0.3) is 0 Å². The molecule has 0 atom stereocenters. The number of nitrogens with zero attached hydrogens (tertiary/aromatic N) is 1. The Morgan fingerprint density at radius 3 is 1.88 bits per heavy atom. The highest BCUT2D eigenvalue weighted by Gasteiger charge is 2.34. The Morgan fingerprint density at radius 1 is 0.875 bits per heavy atom. The summed E-state index contributed by atoms with van der Waals surface area (Å²) >= 11 is 6.36. The zero-order valence-electron chi connectivity index (χ0n) is 12.1. The monoisotopic (exact) mass is 379 g/mol. The first-order chi connectivity index (χ1) is 11.4. The lowest BCUT2D eigenvalue weighted by Gasteiger charge is -2.21. The Kier molecular flexibility index (Phi) is 5.03. The highest BCUT2D eigenvalue weighted by molar-refractivity contribution is 7.97. The van der Waals surface area contributed by atoms with E-state index in [9.17, 15) is 22.0 Å². The fraction of sp³-hybridized carbons (Fsp3) is 0.250. The maximum absolute atomic E-state index is 13.9. The van der Waals surface area contributed by atoms with Crippen LogP contribution in [0.2, 0.25) is 5.02 Å². The molecule has 8 heteroatoms. The molecule has 0 N–H and O–H groups in total. The normalized spacial score (nSPS) is 14.5. The summed E-state index contributed by atoms with van der Waals surface area (Å²) in [5.41, 5.74) is 0.822. The molecule has 0 aliphatic heterocycles. The van der Waals surface area contributed by atoms with Gasteiger partial charge in [-0.25, -0.2) is 26.3 Å². The lowest BCUT2D eigenvalue weighted by molar-refractivity contribution is 0.358. The van der Waals surface area contributed by atoms with Gasteiger partial charge >= 0.3 is 0 Å². The van der Waals surface area contributed by atoms with Gasteiger partial charge in [-0.3, -0.25) is 0 Å². The summed E-state index contributed by atoms with van der Waals surface area (Å²) in [6, 6.07) is 6.87. The number of benzene rings is 2. The SMILES string of the molecule is Fc1c(F)c(F)c(SN(Cc2ccc(Cl)cc2)C2CC2)c(F)c1F. The molecule has 128 valence electrons. The van der Waals surface area contributed by atoms with Gasteiger partial charge < -0.3 is 0 Å². The van der Waals surface area contributed by atoms with E-state index in [0.29, 0.717) is 23.5 Å². The Bertz CT molecular complexity index is 735. The molecule has 0 bridgehead atoms. The van der Waals surface area contributed by atoms with E-state index in [4.69, 9.17) is 11.6 Å². The van der Waals surface area contributed by atoms with Crippen LogP contribution in [0, 0.1) is 29.1 Å². The third-order valence-corrected chi connectivity index (χ3v) is 5.04. The van der Waals surface area contributed by atoms with Gasteiger partial charge in [-0.05, 0) is 42.5 Å². The van der Waals surface area contributed by atoms with E-state index in [-0.39, 0.29) is 6.04 Å². The molecule has 0 aromatic heterocycles. The van der Waals surface area contributed by atoms with Crippen molar-refractivity contribution in [2.75, 3.05) is 0 Å². The van der Waals surface area contributed by atoms with E-state index in [2.05, 4.69) is 0 Å². The van der Waals surface area contributed by atoms with Crippen molar-refractivity contribution >= 4 is 23.5 Å². The van der Waals surface area contributed by atoms with E-state index < -0.39 is 34.0 Å². The summed E-state index contributed by atoms with van der Waals surface area (Å²) in [5, 5.41) is 0.546. The van der Waals surface area contributed by atoms with Crippen molar-refractivity contribution in [2.24, 2.45) is 0 Å². The number of hydrogen-bond acceptors (Lipinski definition) is 2. The molecular weight excluding hydrogens is 369 g/mol. The molecule has 1 saturated carbocycles. The molecule has 2 aromatic rings. The predicted molar refractivity (Wildman–Crippen MR) is 82.1 cm³/mol. The first-order valence-corrected chi connectivity index (χ1v) is 8.24. The summed E-state index contributed by atoms with van der Waals surface area (Å²) in [5.74, 6) is -9.63.